The zero-order valence-electron chi connectivity index (χ0n) is 24.9. The number of hydrogen-bond donors (Lipinski definition) is 1. The van der Waals surface area contributed by atoms with Crippen LogP contribution in [0.5, 0.6) is 11.5 Å². The van der Waals surface area contributed by atoms with Gasteiger partial charge < -0.3 is 19.7 Å². The van der Waals surface area contributed by atoms with Gasteiger partial charge in [0.15, 0.2) is 11.5 Å². The van der Waals surface area contributed by atoms with Gasteiger partial charge in [0.25, 0.3) is 10.0 Å². The lowest BCUT2D eigenvalue weighted by Crippen LogP contribution is -2.53. The molecule has 0 saturated carbocycles. The number of amides is 2. The van der Waals surface area contributed by atoms with Gasteiger partial charge in [-0.3, -0.25) is 13.9 Å². The summed E-state index contributed by atoms with van der Waals surface area (Å²) in [6.45, 7) is 7.66. The first-order valence-corrected chi connectivity index (χ1v) is 15.8. The maximum absolute atomic E-state index is 14.2. The Bertz CT molecular complexity index is 1530. The van der Waals surface area contributed by atoms with Crippen molar-refractivity contribution in [2.75, 3.05) is 24.1 Å². The second kappa shape index (κ2) is 13.9. The average Bonchev–Trinajstić information content (AvgIpc) is 3.00. The Morgan fingerprint density at radius 3 is 2.21 bits per heavy atom. The van der Waals surface area contributed by atoms with Crippen molar-refractivity contribution in [1.29, 1.82) is 0 Å². The lowest BCUT2D eigenvalue weighted by molar-refractivity contribution is -0.140. The predicted molar refractivity (Wildman–Crippen MR) is 162 cm³/mol. The highest BCUT2D eigenvalue weighted by atomic mass is 32.2. The number of benzene rings is 3. The van der Waals surface area contributed by atoms with Crippen LogP contribution >= 0.6 is 0 Å². The molecule has 0 bridgehead atoms. The third kappa shape index (κ3) is 7.64. The van der Waals surface area contributed by atoms with Crippen LogP contribution in [0.3, 0.4) is 0 Å². The van der Waals surface area contributed by atoms with E-state index in [0.717, 1.165) is 27.6 Å². The first-order chi connectivity index (χ1) is 20.5. The Balaban J connectivity index is 1.74. The minimum absolute atomic E-state index is 0.0902. The highest BCUT2D eigenvalue weighted by molar-refractivity contribution is 7.92. The Kier molecular flexibility index (Phi) is 10.3. The predicted octanol–water partition coefficient (Wildman–Crippen LogP) is 4.82. The van der Waals surface area contributed by atoms with Crippen molar-refractivity contribution in [1.82, 2.24) is 10.2 Å². The molecule has 1 aliphatic rings. The monoisotopic (exact) mass is 611 g/mol. The fraction of sp³-hybridized carbons (Fsp3) is 0.375. The van der Waals surface area contributed by atoms with Crippen LogP contribution in [0.4, 0.5) is 10.1 Å². The zero-order valence-corrected chi connectivity index (χ0v) is 25.7. The zero-order chi connectivity index (χ0) is 31.1. The van der Waals surface area contributed by atoms with E-state index in [4.69, 9.17) is 9.47 Å². The number of carbonyl (C=O) groups is 2. The number of sulfonamides is 1. The fourth-order valence-corrected chi connectivity index (χ4v) is 6.13. The lowest BCUT2D eigenvalue weighted by Gasteiger charge is -2.34. The third-order valence-electron chi connectivity index (χ3n) is 7.36. The van der Waals surface area contributed by atoms with Gasteiger partial charge >= 0.3 is 0 Å². The number of nitrogens with zero attached hydrogens (tertiary/aromatic N) is 2. The molecule has 4 rings (SSSR count). The van der Waals surface area contributed by atoms with E-state index < -0.39 is 34.3 Å². The van der Waals surface area contributed by atoms with Gasteiger partial charge in [-0.25, -0.2) is 12.8 Å². The molecule has 43 heavy (non-hydrogen) atoms. The van der Waals surface area contributed by atoms with Gasteiger partial charge in [0.05, 0.1) is 10.6 Å². The molecule has 1 N–H and O–H groups in total. The van der Waals surface area contributed by atoms with E-state index in [1.165, 1.54) is 35.2 Å². The average molecular weight is 612 g/mol. The van der Waals surface area contributed by atoms with Crippen LogP contribution < -0.4 is 19.1 Å². The van der Waals surface area contributed by atoms with Crippen LogP contribution in [0.1, 0.15) is 44.7 Å². The molecule has 0 aliphatic carbocycles. The van der Waals surface area contributed by atoms with Gasteiger partial charge in [-0.05, 0) is 68.7 Å². The minimum atomic E-state index is -4.36. The summed E-state index contributed by atoms with van der Waals surface area (Å²) >= 11 is 0. The van der Waals surface area contributed by atoms with E-state index in [2.05, 4.69) is 5.32 Å². The van der Waals surface area contributed by atoms with Crippen molar-refractivity contribution in [3.8, 4) is 11.5 Å². The van der Waals surface area contributed by atoms with E-state index in [0.29, 0.717) is 25.2 Å². The second-order valence-corrected chi connectivity index (χ2v) is 12.4. The van der Waals surface area contributed by atoms with Crippen LogP contribution in [-0.2, 0) is 26.2 Å². The van der Waals surface area contributed by atoms with Gasteiger partial charge in [0, 0.05) is 18.7 Å². The molecule has 1 heterocycles. The lowest BCUT2D eigenvalue weighted by atomic mass is 10.1. The standard InChI is InChI=1S/C32H38FN3O6S/c1-5-23(4)34-32(38)28(6-2)35(20-24-9-7-22(3)8-10-24)31(37)21-36(26-13-11-25(33)12-14-26)43(39,40)27-15-16-29-30(19-27)42-18-17-41-29/h7-16,19,23,28H,5-6,17-18,20-21H2,1-4H3,(H,34,38)/t23-,28-/m1/s1. The molecule has 0 fully saturated rings. The number of carbonyl (C=O) groups excluding carboxylic acids is 2. The Morgan fingerprint density at radius 2 is 1.58 bits per heavy atom. The van der Waals surface area contributed by atoms with Crippen LogP contribution in [0.15, 0.2) is 71.6 Å². The van der Waals surface area contributed by atoms with E-state index >= 15 is 0 Å². The third-order valence-corrected chi connectivity index (χ3v) is 9.13. The second-order valence-electron chi connectivity index (χ2n) is 10.5. The topological polar surface area (TPSA) is 105 Å². The Hall–Kier alpha value is -4.12. The summed E-state index contributed by atoms with van der Waals surface area (Å²) in [5.74, 6) is -0.776. The summed E-state index contributed by atoms with van der Waals surface area (Å²) in [6.07, 6.45) is 1.02. The van der Waals surface area contributed by atoms with Gasteiger partial charge in [0.2, 0.25) is 11.8 Å². The molecule has 1 aliphatic heterocycles. The number of aryl methyl sites for hydroxylation is 1. The van der Waals surface area contributed by atoms with Crippen molar-refractivity contribution in [3.05, 3.63) is 83.7 Å². The summed E-state index contributed by atoms with van der Waals surface area (Å²) in [4.78, 5) is 28.8. The van der Waals surface area contributed by atoms with E-state index in [9.17, 15) is 22.4 Å². The molecule has 3 aromatic carbocycles. The van der Waals surface area contributed by atoms with Gasteiger partial charge in [0.1, 0.15) is 31.6 Å². The highest BCUT2D eigenvalue weighted by Crippen LogP contribution is 2.34. The fourth-order valence-electron chi connectivity index (χ4n) is 4.70. The van der Waals surface area contributed by atoms with Crippen molar-refractivity contribution >= 4 is 27.5 Å². The number of anilines is 1. The Labute approximate surface area is 252 Å². The van der Waals surface area contributed by atoms with Crippen LogP contribution in [-0.4, -0.2) is 57.0 Å². The van der Waals surface area contributed by atoms with Crippen molar-refractivity contribution in [3.63, 3.8) is 0 Å². The maximum atomic E-state index is 14.2. The molecule has 0 aromatic heterocycles. The summed E-state index contributed by atoms with van der Waals surface area (Å²) < 4.78 is 54.1. The normalized spacial score (nSPS) is 14.0. The first kappa shape index (κ1) is 31.8. The highest BCUT2D eigenvalue weighted by Gasteiger charge is 2.34. The van der Waals surface area contributed by atoms with Crippen molar-refractivity contribution < 1.29 is 31.9 Å². The summed E-state index contributed by atoms with van der Waals surface area (Å²) in [7, 11) is -4.36. The van der Waals surface area contributed by atoms with Gasteiger partial charge in [-0.2, -0.15) is 0 Å². The van der Waals surface area contributed by atoms with Crippen LogP contribution in [0.2, 0.25) is 0 Å². The van der Waals surface area contributed by atoms with E-state index in [1.54, 1.807) is 6.92 Å². The molecule has 2 atom stereocenters. The van der Waals surface area contributed by atoms with E-state index in [1.807, 2.05) is 45.0 Å². The summed E-state index contributed by atoms with van der Waals surface area (Å²) in [5.41, 5.74) is 1.92. The maximum Gasteiger partial charge on any atom is 0.264 e. The minimum Gasteiger partial charge on any atom is -0.486 e. The van der Waals surface area contributed by atoms with Crippen molar-refractivity contribution in [2.24, 2.45) is 0 Å². The summed E-state index contributed by atoms with van der Waals surface area (Å²) in [6, 6.07) is 15.7. The SMILES string of the molecule is CC[C@@H](C)NC(=O)[C@@H](CC)N(Cc1ccc(C)cc1)C(=O)CN(c1ccc(F)cc1)S(=O)(=O)c1ccc2c(c1)OCCO2. The molecule has 230 valence electrons. The van der Waals surface area contributed by atoms with Gasteiger partial charge in [-0.15, -0.1) is 0 Å². The molecule has 0 radical (unpaired) electrons. The van der Waals surface area contributed by atoms with Crippen LogP contribution in [0.25, 0.3) is 0 Å². The molecule has 0 unspecified atom stereocenters. The van der Waals surface area contributed by atoms with Gasteiger partial charge in [-0.1, -0.05) is 43.7 Å². The van der Waals surface area contributed by atoms with Crippen molar-refractivity contribution in [2.45, 2.75) is 64.1 Å². The summed E-state index contributed by atoms with van der Waals surface area (Å²) in [5, 5.41) is 2.96. The molecule has 0 spiro atoms. The molecule has 2 amide bonds. The molecule has 9 nitrogen and oxygen atoms in total. The number of hydrogen-bond acceptors (Lipinski definition) is 6. The molecule has 11 heteroatoms. The molecular weight excluding hydrogens is 573 g/mol. The molecular formula is C32H38FN3O6S. The quantitative estimate of drug-likeness (QED) is 0.315. The number of halogens is 1. The smallest absolute Gasteiger partial charge is 0.264 e. The first-order valence-electron chi connectivity index (χ1n) is 14.4. The molecule has 3 aromatic rings. The number of nitrogens with one attached hydrogen (secondary N) is 1. The van der Waals surface area contributed by atoms with E-state index in [-0.39, 0.29) is 41.4 Å². The number of rotatable bonds is 12. The van der Waals surface area contributed by atoms with Crippen LogP contribution in [0, 0.1) is 12.7 Å². The number of fused-ring (bicyclic) bond motifs is 1. The largest absolute Gasteiger partial charge is 0.486 e. The number of ether oxygens (including phenoxy) is 2. The Morgan fingerprint density at radius 1 is 0.930 bits per heavy atom. The molecule has 0 saturated heterocycles.